The van der Waals surface area contributed by atoms with Crippen molar-refractivity contribution < 1.29 is 4.42 Å². The largest absolute Gasteiger partial charge is 0.436 e. The smallest absolute Gasteiger partial charge is 0.227 e. The van der Waals surface area contributed by atoms with Crippen molar-refractivity contribution in [3.8, 4) is 33.8 Å². The Morgan fingerprint density at radius 3 is 1.73 bits per heavy atom. The van der Waals surface area contributed by atoms with Gasteiger partial charge >= 0.3 is 0 Å². The monoisotopic (exact) mass is 716 g/mol. The summed E-state index contributed by atoms with van der Waals surface area (Å²) in [6.45, 7) is 0. The molecule has 0 fully saturated rings. The minimum absolute atomic E-state index is 0.604. The van der Waals surface area contributed by atoms with Gasteiger partial charge in [0.25, 0.3) is 0 Å². The lowest BCUT2D eigenvalue weighted by Crippen LogP contribution is -2.10. The van der Waals surface area contributed by atoms with E-state index in [0.717, 1.165) is 55.9 Å². The highest BCUT2D eigenvalue weighted by atomic mass is 16.3. The zero-order chi connectivity index (χ0) is 37.0. The number of aromatic nitrogens is 3. The zero-order valence-electron chi connectivity index (χ0n) is 30.2. The summed E-state index contributed by atoms with van der Waals surface area (Å²) in [5, 5.41) is 8.37. The lowest BCUT2D eigenvalue weighted by Gasteiger charge is -2.26. The van der Waals surface area contributed by atoms with Crippen LogP contribution in [0.25, 0.3) is 88.2 Å². The topological polar surface area (TPSA) is 55.1 Å². The van der Waals surface area contributed by atoms with Gasteiger partial charge in [0.05, 0.1) is 11.2 Å². The lowest BCUT2D eigenvalue weighted by molar-refractivity contribution is 0.620. The normalized spacial score (nSPS) is 11.6. The summed E-state index contributed by atoms with van der Waals surface area (Å²) in [4.78, 5) is 16.2. The Morgan fingerprint density at radius 2 is 0.946 bits per heavy atom. The van der Waals surface area contributed by atoms with Gasteiger partial charge in [-0.1, -0.05) is 109 Å². The highest BCUT2D eigenvalue weighted by Gasteiger charge is 2.17. The van der Waals surface area contributed by atoms with E-state index in [4.69, 9.17) is 9.40 Å². The van der Waals surface area contributed by atoms with Crippen LogP contribution in [0.4, 0.5) is 17.1 Å². The molecule has 0 unspecified atom stereocenters. The third-order valence-electron chi connectivity index (χ3n) is 10.8. The van der Waals surface area contributed by atoms with Gasteiger partial charge in [-0.05, 0) is 122 Å². The molecule has 0 saturated heterocycles. The molecular formula is C51H32N4O. The first-order chi connectivity index (χ1) is 27.7. The summed E-state index contributed by atoms with van der Waals surface area (Å²) in [7, 11) is 0. The number of oxazole rings is 1. The van der Waals surface area contributed by atoms with E-state index in [1.807, 2.05) is 42.5 Å². The van der Waals surface area contributed by atoms with Gasteiger partial charge < -0.3 is 9.32 Å². The van der Waals surface area contributed by atoms with E-state index in [0.29, 0.717) is 5.89 Å². The van der Waals surface area contributed by atoms with Gasteiger partial charge in [0, 0.05) is 33.6 Å². The van der Waals surface area contributed by atoms with E-state index in [9.17, 15) is 0 Å². The van der Waals surface area contributed by atoms with Crippen LogP contribution in [0, 0.1) is 0 Å². The van der Waals surface area contributed by atoms with Gasteiger partial charge in [0.2, 0.25) is 5.89 Å². The van der Waals surface area contributed by atoms with Gasteiger partial charge in [-0.2, -0.15) is 0 Å². The highest BCUT2D eigenvalue weighted by molar-refractivity contribution is 6.09. The SMILES string of the molecule is c1ccc2cc(-c3ccc4c(ccc5cc(N(c6ccc(-c7nc8ccccc8o7)cc6)c6ccc(-c7ncnc8ccccc78)cc6)ccc54)c3)ccc2c1. The quantitative estimate of drug-likeness (QED) is 0.160. The Labute approximate surface area is 322 Å². The number of hydrogen-bond acceptors (Lipinski definition) is 5. The Bertz CT molecular complexity index is 3220. The molecule has 2 aromatic heterocycles. The van der Waals surface area contributed by atoms with Gasteiger partial charge in [-0.25, -0.2) is 15.0 Å². The number of anilines is 3. The molecular weight excluding hydrogens is 685 g/mol. The summed E-state index contributed by atoms with van der Waals surface area (Å²) in [6.07, 6.45) is 1.64. The Morgan fingerprint density at radius 1 is 0.375 bits per heavy atom. The van der Waals surface area contributed by atoms with E-state index in [1.165, 1.54) is 43.4 Å². The summed E-state index contributed by atoms with van der Waals surface area (Å²) in [5.41, 5.74) is 11.0. The molecule has 0 spiro atoms. The molecule has 11 rings (SSSR count). The molecule has 0 atom stereocenters. The fraction of sp³-hybridized carbons (Fsp3) is 0. The van der Waals surface area contributed by atoms with Gasteiger partial charge in [0.1, 0.15) is 11.8 Å². The van der Waals surface area contributed by atoms with E-state index >= 15 is 0 Å². The van der Waals surface area contributed by atoms with Crippen LogP contribution >= 0.6 is 0 Å². The Balaban J connectivity index is 0.993. The van der Waals surface area contributed by atoms with Gasteiger partial charge in [-0.15, -0.1) is 0 Å². The average Bonchev–Trinajstić information content (AvgIpc) is 3.71. The van der Waals surface area contributed by atoms with Gasteiger partial charge in [0.15, 0.2) is 5.58 Å². The van der Waals surface area contributed by atoms with Crippen LogP contribution in [0.3, 0.4) is 0 Å². The molecule has 0 radical (unpaired) electrons. The highest BCUT2D eigenvalue weighted by Crippen LogP contribution is 2.40. The summed E-state index contributed by atoms with van der Waals surface area (Å²) in [5.74, 6) is 0.604. The number of hydrogen-bond donors (Lipinski definition) is 0. The van der Waals surface area contributed by atoms with Gasteiger partial charge in [-0.3, -0.25) is 0 Å². The number of benzene rings is 9. The van der Waals surface area contributed by atoms with Crippen LogP contribution < -0.4 is 4.90 Å². The van der Waals surface area contributed by atoms with Crippen molar-refractivity contribution in [1.29, 1.82) is 0 Å². The molecule has 5 heteroatoms. The molecule has 0 aliphatic rings. The fourth-order valence-corrected chi connectivity index (χ4v) is 7.95. The molecule has 0 aliphatic heterocycles. The molecule has 11 aromatic rings. The summed E-state index contributed by atoms with van der Waals surface area (Å²) in [6, 6.07) is 66.3. The van der Waals surface area contributed by atoms with Crippen molar-refractivity contribution in [1.82, 2.24) is 15.0 Å². The Kier molecular flexibility index (Phi) is 7.42. The third-order valence-corrected chi connectivity index (χ3v) is 10.8. The van der Waals surface area contributed by atoms with Crippen molar-refractivity contribution in [2.75, 3.05) is 4.90 Å². The van der Waals surface area contributed by atoms with Crippen LogP contribution in [-0.2, 0) is 0 Å². The average molecular weight is 717 g/mol. The maximum Gasteiger partial charge on any atom is 0.227 e. The van der Waals surface area contributed by atoms with Crippen molar-refractivity contribution in [3.05, 3.63) is 194 Å². The summed E-state index contributed by atoms with van der Waals surface area (Å²) < 4.78 is 6.11. The van der Waals surface area contributed by atoms with Crippen LogP contribution in [0.15, 0.2) is 199 Å². The molecule has 0 amide bonds. The van der Waals surface area contributed by atoms with Crippen molar-refractivity contribution >= 4 is 71.4 Å². The first-order valence-corrected chi connectivity index (χ1v) is 18.7. The van der Waals surface area contributed by atoms with Crippen LogP contribution in [0.5, 0.6) is 0 Å². The van der Waals surface area contributed by atoms with Crippen LogP contribution in [0.1, 0.15) is 0 Å². The molecule has 56 heavy (non-hydrogen) atoms. The third kappa shape index (κ3) is 5.53. The predicted molar refractivity (Wildman–Crippen MR) is 231 cm³/mol. The van der Waals surface area contributed by atoms with Crippen molar-refractivity contribution in [3.63, 3.8) is 0 Å². The van der Waals surface area contributed by atoms with E-state index in [2.05, 4.69) is 160 Å². The standard InChI is InChI=1S/C51H32N4O/c1-2-8-36-29-37(14-13-33(36)7-1)38-21-27-44-39(30-38)15-16-40-31-43(26-28-45(40)44)55(42-24-19-35(20-25-42)51-54-48-11-5-6-12-49(48)56-51)41-22-17-34(18-23-41)50-46-9-3-4-10-47(46)52-32-53-50/h1-32H. The predicted octanol–water partition coefficient (Wildman–Crippen LogP) is 13.7. The molecule has 0 aliphatic carbocycles. The molecule has 262 valence electrons. The first kappa shape index (κ1) is 31.9. The number of nitrogens with zero attached hydrogens (tertiary/aromatic N) is 4. The second-order valence-electron chi connectivity index (χ2n) is 14.1. The first-order valence-electron chi connectivity index (χ1n) is 18.7. The van der Waals surface area contributed by atoms with Crippen molar-refractivity contribution in [2.24, 2.45) is 0 Å². The fourth-order valence-electron chi connectivity index (χ4n) is 7.95. The molecule has 0 N–H and O–H groups in total. The minimum Gasteiger partial charge on any atom is -0.436 e. The molecule has 0 bridgehead atoms. The van der Waals surface area contributed by atoms with Crippen molar-refractivity contribution in [2.45, 2.75) is 0 Å². The minimum atomic E-state index is 0.604. The second kappa shape index (κ2) is 13.0. The maximum absolute atomic E-state index is 6.11. The summed E-state index contributed by atoms with van der Waals surface area (Å²) >= 11 is 0. The van der Waals surface area contributed by atoms with Crippen LogP contribution in [0.2, 0.25) is 0 Å². The molecule has 0 saturated carbocycles. The second-order valence-corrected chi connectivity index (χ2v) is 14.1. The number of rotatable bonds is 6. The molecule has 5 nitrogen and oxygen atoms in total. The maximum atomic E-state index is 6.11. The molecule has 2 heterocycles. The Hall–Kier alpha value is -7.63. The van der Waals surface area contributed by atoms with E-state index in [1.54, 1.807) is 6.33 Å². The van der Waals surface area contributed by atoms with Crippen LogP contribution in [-0.4, -0.2) is 15.0 Å². The number of fused-ring (bicyclic) bond motifs is 6. The number of para-hydroxylation sites is 3. The molecule has 9 aromatic carbocycles. The zero-order valence-corrected chi connectivity index (χ0v) is 30.2. The van der Waals surface area contributed by atoms with E-state index < -0.39 is 0 Å². The van der Waals surface area contributed by atoms with E-state index in [-0.39, 0.29) is 0 Å². The lowest BCUT2D eigenvalue weighted by atomic mass is 9.96.